The van der Waals surface area contributed by atoms with Gasteiger partial charge in [-0.1, -0.05) is 6.08 Å². The standard InChI is InChI=1S/C12H12FNO/c1-2-5-14-8-11-7-9-6-10(13)3-4-12(9)15-11/h2-4,6-7,14H,1,5,8H2. The van der Waals surface area contributed by atoms with Crippen LogP contribution in [-0.2, 0) is 6.54 Å². The van der Waals surface area contributed by atoms with Crippen LogP contribution >= 0.6 is 0 Å². The zero-order valence-corrected chi connectivity index (χ0v) is 8.29. The minimum Gasteiger partial charge on any atom is -0.460 e. The number of nitrogens with one attached hydrogen (secondary N) is 1. The topological polar surface area (TPSA) is 25.2 Å². The second-order valence-corrected chi connectivity index (χ2v) is 3.31. The normalized spacial score (nSPS) is 10.7. The smallest absolute Gasteiger partial charge is 0.134 e. The average molecular weight is 205 g/mol. The van der Waals surface area contributed by atoms with Gasteiger partial charge >= 0.3 is 0 Å². The molecule has 2 aromatic rings. The van der Waals surface area contributed by atoms with Gasteiger partial charge in [-0.15, -0.1) is 6.58 Å². The first-order chi connectivity index (χ1) is 7.29. The maximum atomic E-state index is 12.9. The first-order valence-corrected chi connectivity index (χ1v) is 4.79. The van der Waals surface area contributed by atoms with Gasteiger partial charge in [0.1, 0.15) is 17.2 Å². The Hall–Kier alpha value is -1.61. The van der Waals surface area contributed by atoms with Gasteiger partial charge in [-0.3, -0.25) is 0 Å². The molecule has 0 saturated carbocycles. The largest absolute Gasteiger partial charge is 0.460 e. The van der Waals surface area contributed by atoms with Gasteiger partial charge in [0.05, 0.1) is 6.54 Å². The predicted octanol–water partition coefficient (Wildman–Crippen LogP) is 2.85. The van der Waals surface area contributed by atoms with Gasteiger partial charge in [-0.2, -0.15) is 0 Å². The summed E-state index contributed by atoms with van der Waals surface area (Å²) >= 11 is 0. The second-order valence-electron chi connectivity index (χ2n) is 3.31. The van der Waals surface area contributed by atoms with Gasteiger partial charge in [0.15, 0.2) is 0 Å². The Balaban J connectivity index is 2.19. The molecule has 0 aliphatic heterocycles. The average Bonchev–Trinajstić information content (AvgIpc) is 2.60. The highest BCUT2D eigenvalue weighted by atomic mass is 19.1. The van der Waals surface area contributed by atoms with Crippen molar-refractivity contribution >= 4 is 11.0 Å². The molecule has 3 heteroatoms. The molecule has 0 bridgehead atoms. The maximum absolute atomic E-state index is 12.9. The highest BCUT2D eigenvalue weighted by Gasteiger charge is 2.03. The van der Waals surface area contributed by atoms with Gasteiger partial charge < -0.3 is 9.73 Å². The van der Waals surface area contributed by atoms with Crippen LogP contribution in [0.5, 0.6) is 0 Å². The lowest BCUT2D eigenvalue weighted by Crippen LogP contribution is -2.11. The van der Waals surface area contributed by atoms with Crippen LogP contribution in [0.1, 0.15) is 5.76 Å². The number of hydrogen-bond acceptors (Lipinski definition) is 2. The SMILES string of the molecule is C=CCNCc1cc2cc(F)ccc2o1. The summed E-state index contributed by atoms with van der Waals surface area (Å²) in [6.45, 7) is 4.96. The van der Waals surface area contributed by atoms with Crippen LogP contribution in [0.3, 0.4) is 0 Å². The van der Waals surface area contributed by atoms with Crippen LogP contribution in [0, 0.1) is 5.82 Å². The number of rotatable bonds is 4. The van der Waals surface area contributed by atoms with Crippen molar-refractivity contribution in [1.29, 1.82) is 0 Å². The summed E-state index contributed by atoms with van der Waals surface area (Å²) in [5.41, 5.74) is 0.715. The molecule has 1 aromatic heterocycles. The Morgan fingerprint density at radius 2 is 2.27 bits per heavy atom. The molecule has 2 nitrogen and oxygen atoms in total. The fraction of sp³-hybridized carbons (Fsp3) is 0.167. The van der Waals surface area contributed by atoms with E-state index < -0.39 is 0 Å². The fourth-order valence-corrected chi connectivity index (χ4v) is 1.45. The first-order valence-electron chi connectivity index (χ1n) is 4.79. The van der Waals surface area contributed by atoms with Crippen LogP contribution < -0.4 is 5.32 Å². The number of benzene rings is 1. The molecule has 1 N–H and O–H groups in total. The summed E-state index contributed by atoms with van der Waals surface area (Å²) in [6, 6.07) is 6.35. The molecule has 2 rings (SSSR count). The van der Waals surface area contributed by atoms with E-state index in [1.54, 1.807) is 12.1 Å². The Morgan fingerprint density at radius 1 is 1.40 bits per heavy atom. The molecule has 15 heavy (non-hydrogen) atoms. The lowest BCUT2D eigenvalue weighted by atomic mass is 10.2. The fourth-order valence-electron chi connectivity index (χ4n) is 1.45. The number of hydrogen-bond donors (Lipinski definition) is 1. The Labute approximate surface area is 87.4 Å². The molecule has 0 fully saturated rings. The van der Waals surface area contributed by atoms with Crippen molar-refractivity contribution in [3.05, 3.63) is 48.5 Å². The van der Waals surface area contributed by atoms with Crippen molar-refractivity contribution < 1.29 is 8.81 Å². The summed E-state index contributed by atoms with van der Waals surface area (Å²) in [5, 5.41) is 3.92. The summed E-state index contributed by atoms with van der Waals surface area (Å²) in [5.74, 6) is 0.561. The number of furan rings is 1. The molecule has 1 heterocycles. The Morgan fingerprint density at radius 3 is 3.07 bits per heavy atom. The number of halogens is 1. The van der Waals surface area contributed by atoms with Gasteiger partial charge in [0.25, 0.3) is 0 Å². The van der Waals surface area contributed by atoms with Crippen molar-refractivity contribution in [2.75, 3.05) is 6.54 Å². The Kier molecular flexibility index (Phi) is 2.83. The molecule has 0 amide bonds. The van der Waals surface area contributed by atoms with Gasteiger partial charge in [-0.25, -0.2) is 4.39 Å². The van der Waals surface area contributed by atoms with E-state index in [-0.39, 0.29) is 5.82 Å². The van der Waals surface area contributed by atoms with E-state index in [0.717, 1.165) is 17.7 Å². The molecular weight excluding hydrogens is 193 g/mol. The van der Waals surface area contributed by atoms with Crippen LogP contribution in [0.2, 0.25) is 0 Å². The monoisotopic (exact) mass is 205 g/mol. The van der Waals surface area contributed by atoms with Crippen LogP contribution in [0.15, 0.2) is 41.3 Å². The minimum absolute atomic E-state index is 0.242. The molecule has 0 unspecified atom stereocenters. The summed E-state index contributed by atoms with van der Waals surface area (Å²) < 4.78 is 18.4. The quantitative estimate of drug-likeness (QED) is 0.613. The third kappa shape index (κ3) is 2.25. The predicted molar refractivity (Wildman–Crippen MR) is 58.1 cm³/mol. The molecule has 0 atom stereocenters. The molecule has 0 spiro atoms. The minimum atomic E-state index is -0.242. The highest BCUT2D eigenvalue weighted by Crippen LogP contribution is 2.19. The van der Waals surface area contributed by atoms with Crippen LogP contribution in [0.25, 0.3) is 11.0 Å². The summed E-state index contributed by atoms with van der Waals surface area (Å²) in [7, 11) is 0. The summed E-state index contributed by atoms with van der Waals surface area (Å²) in [4.78, 5) is 0. The highest BCUT2D eigenvalue weighted by molar-refractivity contribution is 5.77. The van der Waals surface area contributed by atoms with E-state index in [1.807, 2.05) is 6.07 Å². The Bertz CT molecular complexity index is 475. The van der Waals surface area contributed by atoms with E-state index >= 15 is 0 Å². The molecule has 0 aliphatic rings. The molecular formula is C12H12FNO. The molecule has 0 radical (unpaired) electrons. The third-order valence-electron chi connectivity index (χ3n) is 2.12. The third-order valence-corrected chi connectivity index (χ3v) is 2.12. The van der Waals surface area contributed by atoms with Crippen molar-refractivity contribution in [2.24, 2.45) is 0 Å². The second kappa shape index (κ2) is 4.28. The van der Waals surface area contributed by atoms with Crippen molar-refractivity contribution in [2.45, 2.75) is 6.54 Å². The van der Waals surface area contributed by atoms with E-state index in [4.69, 9.17) is 4.42 Å². The maximum Gasteiger partial charge on any atom is 0.134 e. The summed E-state index contributed by atoms with van der Waals surface area (Å²) in [6.07, 6.45) is 1.78. The van der Waals surface area contributed by atoms with Gasteiger partial charge in [0, 0.05) is 11.9 Å². The van der Waals surface area contributed by atoms with Crippen LogP contribution in [-0.4, -0.2) is 6.54 Å². The zero-order valence-electron chi connectivity index (χ0n) is 8.29. The number of fused-ring (bicyclic) bond motifs is 1. The first kappa shape index (κ1) is 9.93. The van der Waals surface area contributed by atoms with Crippen LogP contribution in [0.4, 0.5) is 4.39 Å². The van der Waals surface area contributed by atoms with E-state index in [9.17, 15) is 4.39 Å². The molecule has 78 valence electrons. The van der Waals surface area contributed by atoms with E-state index in [1.165, 1.54) is 12.1 Å². The zero-order chi connectivity index (χ0) is 10.7. The molecule has 0 saturated heterocycles. The van der Waals surface area contributed by atoms with Gasteiger partial charge in [-0.05, 0) is 24.3 Å². The molecule has 0 aliphatic carbocycles. The van der Waals surface area contributed by atoms with Crippen molar-refractivity contribution in [3.63, 3.8) is 0 Å². The lowest BCUT2D eigenvalue weighted by Gasteiger charge is -1.95. The van der Waals surface area contributed by atoms with Crippen molar-refractivity contribution in [3.8, 4) is 0 Å². The molecule has 1 aromatic carbocycles. The van der Waals surface area contributed by atoms with E-state index in [2.05, 4.69) is 11.9 Å². The van der Waals surface area contributed by atoms with Gasteiger partial charge in [0.2, 0.25) is 0 Å². The van der Waals surface area contributed by atoms with Crippen molar-refractivity contribution in [1.82, 2.24) is 5.32 Å². The lowest BCUT2D eigenvalue weighted by molar-refractivity contribution is 0.523. The van der Waals surface area contributed by atoms with E-state index in [0.29, 0.717) is 12.1 Å².